The first kappa shape index (κ1) is 14.5. The average molecular weight is 290 g/mol. The molecule has 4 atom stereocenters. The molecule has 0 aromatic carbocycles. The Morgan fingerprint density at radius 3 is 2.67 bits per heavy atom. The van der Waals surface area contributed by atoms with E-state index in [0.717, 1.165) is 17.6 Å². The lowest BCUT2D eigenvalue weighted by Gasteiger charge is -2.48. The highest BCUT2D eigenvalue weighted by atomic mass is 16.5. The van der Waals surface area contributed by atoms with Crippen molar-refractivity contribution in [3.63, 3.8) is 0 Å². The van der Waals surface area contributed by atoms with Crippen molar-refractivity contribution in [2.45, 2.75) is 39.4 Å². The van der Waals surface area contributed by atoms with Crippen LogP contribution in [0.2, 0.25) is 0 Å². The normalized spacial score (nSPS) is 38.5. The zero-order valence-electron chi connectivity index (χ0n) is 13.2. The van der Waals surface area contributed by atoms with Crippen LogP contribution < -0.4 is 0 Å². The molecular formula is C17H22O4. The maximum absolute atomic E-state index is 11.8. The summed E-state index contributed by atoms with van der Waals surface area (Å²) in [6, 6.07) is 0. The first-order chi connectivity index (χ1) is 9.92. The molecule has 0 bridgehead atoms. The van der Waals surface area contributed by atoms with Crippen LogP contribution in [0.15, 0.2) is 34.6 Å². The highest BCUT2D eigenvalue weighted by molar-refractivity contribution is 5.94. The second-order valence-corrected chi connectivity index (χ2v) is 6.41. The van der Waals surface area contributed by atoms with Gasteiger partial charge in [-0.2, -0.15) is 0 Å². The minimum atomic E-state index is -0.224. The third-order valence-corrected chi connectivity index (χ3v) is 5.46. The molecule has 0 saturated heterocycles. The van der Waals surface area contributed by atoms with E-state index in [9.17, 15) is 4.79 Å². The molecule has 2 aliphatic carbocycles. The molecule has 0 radical (unpaired) electrons. The summed E-state index contributed by atoms with van der Waals surface area (Å²) in [6.07, 6.45) is 4.85. The van der Waals surface area contributed by atoms with E-state index in [-0.39, 0.29) is 29.5 Å². The first-order valence-electron chi connectivity index (χ1n) is 7.34. The summed E-state index contributed by atoms with van der Waals surface area (Å²) in [5.41, 5.74) is 2.88. The molecule has 3 aliphatic rings. The van der Waals surface area contributed by atoms with E-state index in [1.165, 1.54) is 5.57 Å². The molecule has 0 aromatic rings. The molecule has 0 amide bonds. The van der Waals surface area contributed by atoms with E-state index in [2.05, 4.69) is 19.9 Å². The molecule has 0 aromatic heterocycles. The minimum absolute atomic E-state index is 0.0117. The van der Waals surface area contributed by atoms with Crippen LogP contribution >= 0.6 is 0 Å². The lowest BCUT2D eigenvalue weighted by atomic mass is 9.60. The van der Waals surface area contributed by atoms with E-state index in [1.807, 2.05) is 13.0 Å². The Labute approximate surface area is 125 Å². The van der Waals surface area contributed by atoms with Gasteiger partial charge in [0.05, 0.1) is 6.10 Å². The Kier molecular flexibility index (Phi) is 3.34. The molecule has 3 rings (SSSR count). The van der Waals surface area contributed by atoms with Crippen LogP contribution in [0, 0.1) is 11.3 Å². The second-order valence-electron chi connectivity index (χ2n) is 6.41. The van der Waals surface area contributed by atoms with Crippen molar-refractivity contribution in [2.75, 3.05) is 14.2 Å². The molecule has 1 heterocycles. The SMILES string of the molecule is CO[C@H]1[C@H](OC)C=C2C=C3OC(=O)C(C)=C3C[C@]2(C)[C@H]1C. The molecular weight excluding hydrogens is 268 g/mol. The van der Waals surface area contributed by atoms with Gasteiger partial charge in [-0.05, 0) is 37.0 Å². The van der Waals surface area contributed by atoms with E-state index in [1.54, 1.807) is 14.2 Å². The molecule has 0 N–H and O–H groups in total. The summed E-state index contributed by atoms with van der Waals surface area (Å²) in [5, 5.41) is 0. The van der Waals surface area contributed by atoms with Gasteiger partial charge in [0, 0.05) is 30.8 Å². The van der Waals surface area contributed by atoms with Crippen LogP contribution in [0.5, 0.6) is 0 Å². The average Bonchev–Trinajstić information content (AvgIpc) is 2.72. The number of methoxy groups -OCH3 is 2. The topological polar surface area (TPSA) is 44.8 Å². The number of rotatable bonds is 2. The zero-order chi connectivity index (χ0) is 15.4. The van der Waals surface area contributed by atoms with Gasteiger partial charge in [0.25, 0.3) is 0 Å². The van der Waals surface area contributed by atoms with E-state index >= 15 is 0 Å². The van der Waals surface area contributed by atoms with Gasteiger partial charge in [0.2, 0.25) is 0 Å². The Hall–Kier alpha value is -1.39. The van der Waals surface area contributed by atoms with Gasteiger partial charge in [-0.15, -0.1) is 0 Å². The predicted octanol–water partition coefficient (Wildman–Crippen LogP) is 2.76. The molecule has 21 heavy (non-hydrogen) atoms. The van der Waals surface area contributed by atoms with Crippen molar-refractivity contribution in [3.8, 4) is 0 Å². The highest BCUT2D eigenvalue weighted by Gasteiger charge is 2.49. The van der Waals surface area contributed by atoms with E-state index < -0.39 is 0 Å². The van der Waals surface area contributed by atoms with Crippen molar-refractivity contribution in [1.29, 1.82) is 0 Å². The predicted molar refractivity (Wildman–Crippen MR) is 78.4 cm³/mol. The summed E-state index contributed by atoms with van der Waals surface area (Å²) in [6.45, 7) is 6.27. The summed E-state index contributed by atoms with van der Waals surface area (Å²) in [7, 11) is 3.43. The summed E-state index contributed by atoms with van der Waals surface area (Å²) < 4.78 is 16.6. The van der Waals surface area contributed by atoms with Crippen molar-refractivity contribution < 1.29 is 19.0 Å². The van der Waals surface area contributed by atoms with Crippen LogP contribution in [0.3, 0.4) is 0 Å². The van der Waals surface area contributed by atoms with Gasteiger partial charge < -0.3 is 14.2 Å². The number of esters is 1. The molecule has 4 nitrogen and oxygen atoms in total. The summed E-state index contributed by atoms with van der Waals surface area (Å²) >= 11 is 0. The Morgan fingerprint density at radius 1 is 1.33 bits per heavy atom. The van der Waals surface area contributed by atoms with E-state index in [0.29, 0.717) is 5.76 Å². The molecule has 0 spiro atoms. The second kappa shape index (κ2) is 4.82. The number of ether oxygens (including phenoxy) is 3. The Morgan fingerprint density at radius 2 is 2.05 bits per heavy atom. The fourth-order valence-corrected chi connectivity index (χ4v) is 3.78. The molecule has 0 fully saturated rings. The first-order valence-corrected chi connectivity index (χ1v) is 7.34. The minimum Gasteiger partial charge on any atom is -0.423 e. The van der Waals surface area contributed by atoms with Gasteiger partial charge in [-0.25, -0.2) is 4.79 Å². The zero-order valence-corrected chi connectivity index (χ0v) is 13.2. The van der Waals surface area contributed by atoms with Crippen LogP contribution in [0.1, 0.15) is 27.2 Å². The van der Waals surface area contributed by atoms with Gasteiger partial charge in [0.15, 0.2) is 0 Å². The summed E-state index contributed by atoms with van der Waals surface area (Å²) in [5.74, 6) is 0.763. The van der Waals surface area contributed by atoms with E-state index in [4.69, 9.17) is 14.2 Å². The largest absolute Gasteiger partial charge is 0.423 e. The number of hydrogen-bond acceptors (Lipinski definition) is 4. The number of carbonyl (C=O) groups excluding carboxylic acids is 1. The number of fused-ring (bicyclic) bond motifs is 2. The maximum Gasteiger partial charge on any atom is 0.339 e. The monoisotopic (exact) mass is 290 g/mol. The lowest BCUT2D eigenvalue weighted by Crippen LogP contribution is -2.48. The smallest absolute Gasteiger partial charge is 0.339 e. The standard InChI is InChI=1S/C17H22O4/c1-9-12-8-17(3)10(2)15(20-5)14(19-4)7-11(17)6-13(12)21-16(9)18/h6-7,10,14-15H,8H2,1-5H3/t10-,14+,15+,17+/m0/s1. The van der Waals surface area contributed by atoms with Crippen molar-refractivity contribution in [3.05, 3.63) is 34.6 Å². The Balaban J connectivity index is 2.12. The van der Waals surface area contributed by atoms with Crippen molar-refractivity contribution in [2.24, 2.45) is 11.3 Å². The highest BCUT2D eigenvalue weighted by Crippen LogP contribution is 2.54. The van der Waals surface area contributed by atoms with Gasteiger partial charge in [-0.3, -0.25) is 0 Å². The Bertz CT molecular complexity index is 584. The van der Waals surface area contributed by atoms with Crippen molar-refractivity contribution in [1.82, 2.24) is 0 Å². The fraction of sp³-hybridized carbons (Fsp3) is 0.588. The molecule has 0 unspecified atom stereocenters. The lowest BCUT2D eigenvalue weighted by molar-refractivity contribution is -0.133. The van der Waals surface area contributed by atoms with Gasteiger partial charge in [0.1, 0.15) is 11.9 Å². The number of allylic oxidation sites excluding steroid dienone is 3. The van der Waals surface area contributed by atoms with Crippen molar-refractivity contribution >= 4 is 5.97 Å². The van der Waals surface area contributed by atoms with Gasteiger partial charge >= 0.3 is 5.97 Å². The van der Waals surface area contributed by atoms with Crippen LogP contribution in [-0.4, -0.2) is 32.4 Å². The van der Waals surface area contributed by atoms with Crippen LogP contribution in [0.4, 0.5) is 0 Å². The third-order valence-electron chi connectivity index (χ3n) is 5.46. The maximum atomic E-state index is 11.8. The summed E-state index contributed by atoms with van der Waals surface area (Å²) in [4.78, 5) is 11.8. The quantitative estimate of drug-likeness (QED) is 0.734. The molecule has 0 saturated carbocycles. The third kappa shape index (κ3) is 1.93. The fourth-order valence-electron chi connectivity index (χ4n) is 3.78. The molecule has 114 valence electrons. The number of hydrogen-bond donors (Lipinski definition) is 0. The van der Waals surface area contributed by atoms with Gasteiger partial charge in [-0.1, -0.05) is 13.8 Å². The van der Waals surface area contributed by atoms with Crippen LogP contribution in [0.25, 0.3) is 0 Å². The van der Waals surface area contributed by atoms with Crippen LogP contribution in [-0.2, 0) is 19.0 Å². The number of carbonyl (C=O) groups is 1. The molecule has 1 aliphatic heterocycles. The molecule has 4 heteroatoms.